The zero-order valence-corrected chi connectivity index (χ0v) is 36.9. The van der Waals surface area contributed by atoms with Gasteiger partial charge in [-0.2, -0.15) is 0 Å². The first-order chi connectivity index (χ1) is 32.1. The Morgan fingerprint density at radius 1 is 0.939 bits per heavy atom. The van der Waals surface area contributed by atoms with E-state index in [1.165, 1.54) is 22.3 Å². The smallest absolute Gasteiger partial charge is 0.255 e. The van der Waals surface area contributed by atoms with Crippen LogP contribution in [0, 0.1) is 5.82 Å². The predicted octanol–water partition coefficient (Wildman–Crippen LogP) is 3.88. The van der Waals surface area contributed by atoms with Gasteiger partial charge in [-0.15, -0.1) is 11.3 Å². The number of rotatable bonds is 10. The van der Waals surface area contributed by atoms with E-state index in [1.807, 2.05) is 51.9 Å². The molecule has 2 unspecified atom stereocenters. The van der Waals surface area contributed by atoms with Gasteiger partial charge < -0.3 is 34.2 Å². The first kappa shape index (κ1) is 41.8. The van der Waals surface area contributed by atoms with Crippen molar-refractivity contribution in [3.05, 3.63) is 101 Å². The minimum Gasteiger partial charge on any atom is -0.489 e. The highest BCUT2D eigenvalue weighted by molar-refractivity contribution is 7.13. The average molecular weight is 914 g/mol. The van der Waals surface area contributed by atoms with Gasteiger partial charge in [0.05, 0.1) is 36.8 Å². The molecule has 0 spiro atoms. The van der Waals surface area contributed by atoms with Gasteiger partial charge in [-0.1, -0.05) is 12.1 Å². The van der Waals surface area contributed by atoms with Crippen LogP contribution in [0.3, 0.4) is 0 Å². The first-order valence-corrected chi connectivity index (χ1v) is 23.4. The lowest BCUT2D eigenvalue weighted by molar-refractivity contribution is -0.134. The number of fused-ring (bicyclic) bond motifs is 5. The van der Waals surface area contributed by atoms with Gasteiger partial charge >= 0.3 is 0 Å². The number of aryl methyl sites for hydroxylation is 1. The van der Waals surface area contributed by atoms with Crippen molar-refractivity contribution in [2.24, 2.45) is 0 Å². The molecule has 3 saturated heterocycles. The van der Waals surface area contributed by atoms with Crippen LogP contribution in [0.1, 0.15) is 52.6 Å². The van der Waals surface area contributed by atoms with E-state index >= 15 is 4.39 Å². The molecule has 6 aliphatic heterocycles. The number of hydrogen-bond acceptors (Lipinski definition) is 13. The fourth-order valence-electron chi connectivity index (χ4n) is 10.2. The van der Waals surface area contributed by atoms with Gasteiger partial charge in [-0.05, 0) is 66.8 Å². The number of nitrogens with one attached hydrogen (secondary N) is 3. The number of anilines is 4. The first-order valence-electron chi connectivity index (χ1n) is 22.5. The fourth-order valence-corrected chi connectivity index (χ4v) is 10.8. The van der Waals surface area contributed by atoms with Crippen molar-refractivity contribution in [1.29, 1.82) is 0 Å². The Bertz CT molecular complexity index is 2740. The maximum absolute atomic E-state index is 16.0. The van der Waals surface area contributed by atoms with E-state index in [-0.39, 0.29) is 41.4 Å². The molecule has 0 saturated carbocycles. The van der Waals surface area contributed by atoms with Crippen molar-refractivity contribution in [3.8, 4) is 16.9 Å². The number of ether oxygens (including phenoxy) is 1. The van der Waals surface area contributed by atoms with Crippen molar-refractivity contribution in [2.75, 3.05) is 79.4 Å². The molecule has 3 N–H and O–H groups in total. The van der Waals surface area contributed by atoms with Crippen LogP contribution < -0.4 is 30.5 Å². The third-order valence-corrected chi connectivity index (χ3v) is 14.4. The number of carbonyl (C=O) groups is 5. The third kappa shape index (κ3) is 7.88. The highest BCUT2D eigenvalue weighted by atomic mass is 32.1. The molecule has 6 aliphatic rings. The number of piperidine rings is 1. The SMILES string of the molecule is O=C1CCC(Nc2ccc3c(c2)OC[C@H]2CN(CC(=O)N4CCN(c5ccc(-c6cc(F)c7c(c6)C(=O)N(C(C(=O)Nc6nccs6)c6ncn8c6CCC8)C7)cc5)CC4)CCN32)C(=O)N1. The fraction of sp³-hybridized carbons (Fsp3) is 0.383. The van der Waals surface area contributed by atoms with Gasteiger partial charge in [0.1, 0.15) is 24.2 Å². The van der Waals surface area contributed by atoms with Gasteiger partial charge in [0.25, 0.3) is 11.8 Å². The summed E-state index contributed by atoms with van der Waals surface area (Å²) in [7, 11) is 0. The number of piperazine rings is 2. The summed E-state index contributed by atoms with van der Waals surface area (Å²) < 4.78 is 24.2. The minimum atomic E-state index is -1.06. The van der Waals surface area contributed by atoms with Crippen molar-refractivity contribution >= 4 is 63.1 Å². The molecule has 0 bridgehead atoms. The molecule has 66 heavy (non-hydrogen) atoms. The molecule has 0 aliphatic carbocycles. The predicted molar refractivity (Wildman–Crippen MR) is 244 cm³/mol. The Morgan fingerprint density at radius 3 is 2.59 bits per heavy atom. The zero-order chi connectivity index (χ0) is 45.1. The Morgan fingerprint density at radius 2 is 1.79 bits per heavy atom. The summed E-state index contributed by atoms with van der Waals surface area (Å²) in [6.45, 7) is 6.27. The van der Waals surface area contributed by atoms with Gasteiger partial charge in [-0.3, -0.25) is 39.5 Å². The van der Waals surface area contributed by atoms with E-state index in [9.17, 15) is 24.0 Å². The quantitative estimate of drug-likeness (QED) is 0.173. The number of thiazole rings is 1. The number of nitrogens with zero attached hydrogens (tertiary/aromatic N) is 8. The second-order valence-corrected chi connectivity index (χ2v) is 18.6. The summed E-state index contributed by atoms with van der Waals surface area (Å²) >= 11 is 1.28. The van der Waals surface area contributed by atoms with E-state index < -0.39 is 29.7 Å². The van der Waals surface area contributed by atoms with Crippen molar-refractivity contribution < 1.29 is 33.1 Å². The van der Waals surface area contributed by atoms with E-state index in [1.54, 1.807) is 24.0 Å². The van der Waals surface area contributed by atoms with Crippen molar-refractivity contribution in [1.82, 2.24) is 34.6 Å². The number of aromatic nitrogens is 3. The molecule has 8 heterocycles. The third-order valence-electron chi connectivity index (χ3n) is 13.7. The van der Waals surface area contributed by atoms with Crippen LogP contribution in [0.15, 0.2) is 72.5 Å². The number of hydrogen-bond donors (Lipinski definition) is 3. The number of imidazole rings is 1. The lowest BCUT2D eigenvalue weighted by Crippen LogP contribution is -2.59. The Balaban J connectivity index is 0.691. The summed E-state index contributed by atoms with van der Waals surface area (Å²) in [6.07, 6.45) is 5.70. The molecule has 5 amide bonds. The number of amides is 5. The van der Waals surface area contributed by atoms with Gasteiger partial charge in [0, 0.05) is 105 Å². The molecular formula is C47H48FN11O6S. The standard InChI is InChI=1S/C47H48FN11O6S/c48-35-21-29(20-33-34(35)24-59(46(33)64)43(45(63)53-47-49-11-19-66-47)42-38-2-1-12-57(38)27-50-42)28-3-6-31(7-4-28)55-14-16-56(17-15-55)41(61)25-54-13-18-58-32(23-54)26-65-39-22-30(5-9-37(39)58)51-36-8-10-40(60)52-44(36)62/h3-7,9,11,19-22,27,32,36,43,51H,1-2,8,10,12-18,23-26H2,(H,49,53,63)(H,52,60,62)/t32-,36?,43?/m1/s1. The topological polar surface area (TPSA) is 178 Å². The molecule has 3 fully saturated rings. The maximum Gasteiger partial charge on any atom is 0.255 e. The summed E-state index contributed by atoms with van der Waals surface area (Å²) in [5, 5.41) is 10.6. The van der Waals surface area contributed by atoms with Crippen LogP contribution in [-0.4, -0.2) is 130 Å². The van der Waals surface area contributed by atoms with E-state index in [4.69, 9.17) is 4.74 Å². The molecule has 19 heteroatoms. The average Bonchev–Trinajstić information content (AvgIpc) is 4.15. The van der Waals surface area contributed by atoms with Crippen LogP contribution in [0.25, 0.3) is 11.1 Å². The maximum atomic E-state index is 16.0. The molecule has 2 aromatic heterocycles. The van der Waals surface area contributed by atoms with Crippen LogP contribution in [0.2, 0.25) is 0 Å². The molecule has 11 rings (SSSR count). The summed E-state index contributed by atoms with van der Waals surface area (Å²) in [6, 6.07) is 15.4. The van der Waals surface area contributed by atoms with Crippen LogP contribution in [0.5, 0.6) is 5.75 Å². The molecule has 340 valence electrons. The lowest BCUT2D eigenvalue weighted by atomic mass is 9.99. The highest BCUT2D eigenvalue weighted by Crippen LogP contribution is 2.40. The van der Waals surface area contributed by atoms with E-state index in [0.29, 0.717) is 75.1 Å². The van der Waals surface area contributed by atoms with E-state index in [2.05, 4.69) is 40.6 Å². The second kappa shape index (κ2) is 17.2. The second-order valence-electron chi connectivity index (χ2n) is 17.7. The van der Waals surface area contributed by atoms with Crippen LogP contribution >= 0.6 is 11.3 Å². The Labute approximate surface area is 383 Å². The van der Waals surface area contributed by atoms with Gasteiger partial charge in [-0.25, -0.2) is 14.4 Å². The van der Waals surface area contributed by atoms with Crippen molar-refractivity contribution in [2.45, 2.75) is 56.9 Å². The number of benzene rings is 3. The monoisotopic (exact) mass is 913 g/mol. The molecule has 0 radical (unpaired) electrons. The summed E-state index contributed by atoms with van der Waals surface area (Å²) in [4.78, 5) is 84.3. The van der Waals surface area contributed by atoms with Crippen molar-refractivity contribution in [3.63, 3.8) is 0 Å². The van der Waals surface area contributed by atoms with Crippen LogP contribution in [0.4, 0.5) is 26.6 Å². The number of carbonyl (C=O) groups excluding carboxylic acids is 5. The molecule has 3 aromatic carbocycles. The molecule has 17 nitrogen and oxygen atoms in total. The number of halogens is 1. The largest absolute Gasteiger partial charge is 0.489 e. The zero-order valence-electron chi connectivity index (χ0n) is 36.1. The molecule has 5 aromatic rings. The summed E-state index contributed by atoms with van der Waals surface area (Å²) in [5.41, 5.74) is 5.96. The number of imide groups is 1. The molecule has 3 atom stereocenters. The highest BCUT2D eigenvalue weighted by Gasteiger charge is 2.42. The summed E-state index contributed by atoms with van der Waals surface area (Å²) in [5.74, 6) is -1.09. The molecular weight excluding hydrogens is 866 g/mol. The van der Waals surface area contributed by atoms with Gasteiger partial charge in [0.2, 0.25) is 17.7 Å². The lowest BCUT2D eigenvalue weighted by Gasteiger charge is -2.46. The Kier molecular flexibility index (Phi) is 10.9. The normalized spacial score (nSPS) is 20.8. The van der Waals surface area contributed by atoms with E-state index in [0.717, 1.165) is 66.5 Å². The minimum absolute atomic E-state index is 0.0613. The van der Waals surface area contributed by atoms with Crippen LogP contribution in [-0.2, 0) is 38.7 Å². The Hall–Kier alpha value is -6.86. The van der Waals surface area contributed by atoms with Gasteiger partial charge in [0.15, 0.2) is 11.2 Å².